The predicted octanol–water partition coefficient (Wildman–Crippen LogP) is 2.46. The number of methoxy groups -OCH3 is 2. The summed E-state index contributed by atoms with van der Waals surface area (Å²) in [5, 5.41) is 21.0. The van der Waals surface area contributed by atoms with Crippen molar-refractivity contribution >= 4 is 0 Å². The van der Waals surface area contributed by atoms with Crippen molar-refractivity contribution < 1.29 is 33.9 Å². The minimum absolute atomic E-state index is 0.103. The third kappa shape index (κ3) is 3.26. The molecule has 2 N–H and O–H groups in total. The highest BCUT2D eigenvalue weighted by Gasteiger charge is 2.42. The summed E-state index contributed by atoms with van der Waals surface area (Å²) in [6.07, 6.45) is -1.14. The second-order valence-electron chi connectivity index (χ2n) is 6.94. The molecule has 0 amide bonds. The van der Waals surface area contributed by atoms with Crippen molar-refractivity contribution in [1.29, 1.82) is 0 Å². The molecule has 28 heavy (non-hydrogen) atoms. The van der Waals surface area contributed by atoms with E-state index in [0.717, 1.165) is 5.56 Å². The van der Waals surface area contributed by atoms with Crippen LogP contribution in [0.3, 0.4) is 0 Å². The number of rotatable bonds is 6. The summed E-state index contributed by atoms with van der Waals surface area (Å²) in [7, 11) is 3.12. The zero-order valence-corrected chi connectivity index (χ0v) is 15.8. The van der Waals surface area contributed by atoms with Gasteiger partial charge in [0.05, 0.1) is 33.0 Å². The molecule has 2 heterocycles. The highest BCUT2D eigenvalue weighted by molar-refractivity contribution is 5.46. The van der Waals surface area contributed by atoms with Gasteiger partial charge in [0.2, 0.25) is 6.79 Å². The Labute approximate surface area is 163 Å². The largest absolute Gasteiger partial charge is 0.493 e. The minimum atomic E-state index is -0.809. The van der Waals surface area contributed by atoms with Crippen LogP contribution in [0.15, 0.2) is 36.4 Å². The van der Waals surface area contributed by atoms with E-state index in [2.05, 4.69) is 0 Å². The molecule has 0 aliphatic carbocycles. The molecule has 2 aromatic carbocycles. The van der Waals surface area contributed by atoms with E-state index in [1.54, 1.807) is 32.4 Å². The molecule has 2 aliphatic heterocycles. The highest BCUT2D eigenvalue weighted by Crippen LogP contribution is 2.46. The number of fused-ring (bicyclic) bond motifs is 1. The predicted molar refractivity (Wildman–Crippen MR) is 99.8 cm³/mol. The van der Waals surface area contributed by atoms with Crippen LogP contribution >= 0.6 is 0 Å². The van der Waals surface area contributed by atoms with Crippen molar-refractivity contribution in [3.05, 3.63) is 47.5 Å². The zero-order valence-electron chi connectivity index (χ0n) is 15.8. The van der Waals surface area contributed by atoms with Gasteiger partial charge in [-0.1, -0.05) is 12.1 Å². The van der Waals surface area contributed by atoms with Gasteiger partial charge in [0.25, 0.3) is 0 Å². The molecule has 0 radical (unpaired) electrons. The Kier molecular flexibility index (Phi) is 5.30. The Bertz CT molecular complexity index is 837. The first-order valence-electron chi connectivity index (χ1n) is 9.18. The summed E-state index contributed by atoms with van der Waals surface area (Å²) in [6, 6.07) is 10.9. The first-order valence-corrected chi connectivity index (χ1v) is 9.18. The van der Waals surface area contributed by atoms with Crippen molar-refractivity contribution in [3.8, 4) is 23.0 Å². The molecule has 2 aliphatic rings. The lowest BCUT2D eigenvalue weighted by Gasteiger charge is -2.25. The van der Waals surface area contributed by atoms with E-state index >= 15 is 0 Å². The summed E-state index contributed by atoms with van der Waals surface area (Å²) in [5.41, 5.74) is 1.58. The van der Waals surface area contributed by atoms with Crippen molar-refractivity contribution in [2.24, 2.45) is 11.8 Å². The summed E-state index contributed by atoms with van der Waals surface area (Å²) in [4.78, 5) is 0. The summed E-state index contributed by atoms with van der Waals surface area (Å²) in [6.45, 7) is 0.433. The average molecular weight is 388 g/mol. The van der Waals surface area contributed by atoms with Crippen LogP contribution < -0.4 is 18.9 Å². The Morgan fingerprint density at radius 3 is 2.57 bits per heavy atom. The van der Waals surface area contributed by atoms with Crippen LogP contribution in [0.25, 0.3) is 0 Å². The SMILES string of the molecule is COc1ccc([C@@H](O)[C@H]2CO[C@H](c3ccc4c(c3)OCO4)[C@H]2CO)cc1OC. The van der Waals surface area contributed by atoms with Crippen molar-refractivity contribution in [2.75, 3.05) is 34.2 Å². The van der Waals surface area contributed by atoms with E-state index in [1.165, 1.54) is 0 Å². The van der Waals surface area contributed by atoms with Crippen molar-refractivity contribution in [3.63, 3.8) is 0 Å². The Morgan fingerprint density at radius 1 is 1.04 bits per heavy atom. The van der Waals surface area contributed by atoms with Crippen LogP contribution in [0.5, 0.6) is 23.0 Å². The van der Waals surface area contributed by atoms with Crippen molar-refractivity contribution in [1.82, 2.24) is 0 Å². The minimum Gasteiger partial charge on any atom is -0.493 e. The normalized spacial score (nSPS) is 24.2. The lowest BCUT2D eigenvalue weighted by molar-refractivity contribution is 0.0633. The fraction of sp³-hybridized carbons (Fsp3) is 0.429. The van der Waals surface area contributed by atoms with Gasteiger partial charge in [-0.15, -0.1) is 0 Å². The van der Waals surface area contributed by atoms with Gasteiger partial charge in [-0.3, -0.25) is 0 Å². The Morgan fingerprint density at radius 2 is 1.82 bits per heavy atom. The van der Waals surface area contributed by atoms with E-state index in [0.29, 0.717) is 35.2 Å². The maximum Gasteiger partial charge on any atom is 0.231 e. The summed E-state index contributed by atoms with van der Waals surface area (Å²) in [5.74, 6) is 1.98. The maximum absolute atomic E-state index is 11.0. The molecule has 1 saturated heterocycles. The number of aliphatic hydroxyl groups excluding tert-OH is 2. The van der Waals surface area contributed by atoms with Gasteiger partial charge in [0, 0.05) is 18.4 Å². The molecular weight excluding hydrogens is 364 g/mol. The number of aliphatic hydroxyl groups is 2. The standard InChI is InChI=1S/C21H24O7/c1-24-16-5-3-12(7-18(16)25-2)20(23)15-10-26-21(14(15)9-22)13-4-6-17-19(8-13)28-11-27-17/h3-8,14-15,20-23H,9-11H2,1-2H3/t14-,15-,20+,21+/m0/s1. The molecule has 0 aromatic heterocycles. The average Bonchev–Trinajstić information content (AvgIpc) is 3.38. The highest BCUT2D eigenvalue weighted by atomic mass is 16.7. The molecule has 2 aromatic rings. The van der Waals surface area contributed by atoms with Crippen LogP contribution in [0.1, 0.15) is 23.3 Å². The van der Waals surface area contributed by atoms with Gasteiger partial charge in [0.15, 0.2) is 23.0 Å². The van der Waals surface area contributed by atoms with E-state index in [-0.39, 0.29) is 31.3 Å². The lowest BCUT2D eigenvalue weighted by Crippen LogP contribution is -2.25. The van der Waals surface area contributed by atoms with Crippen LogP contribution in [0, 0.1) is 11.8 Å². The number of benzene rings is 2. The number of hydrogen-bond acceptors (Lipinski definition) is 7. The fourth-order valence-electron chi connectivity index (χ4n) is 3.96. The molecule has 150 valence electrons. The Balaban J connectivity index is 1.57. The molecule has 7 heteroatoms. The molecule has 0 unspecified atom stereocenters. The number of hydrogen-bond donors (Lipinski definition) is 2. The molecule has 0 bridgehead atoms. The number of ether oxygens (including phenoxy) is 5. The molecule has 4 atom stereocenters. The third-order valence-corrected chi connectivity index (χ3v) is 5.50. The molecule has 1 fully saturated rings. The second kappa shape index (κ2) is 7.87. The van der Waals surface area contributed by atoms with E-state index < -0.39 is 6.10 Å². The lowest BCUT2D eigenvalue weighted by atomic mass is 9.82. The monoisotopic (exact) mass is 388 g/mol. The first-order chi connectivity index (χ1) is 13.7. The summed E-state index contributed by atoms with van der Waals surface area (Å²) >= 11 is 0. The molecule has 0 saturated carbocycles. The van der Waals surface area contributed by atoms with Gasteiger partial charge in [-0.2, -0.15) is 0 Å². The molecular formula is C21H24O7. The fourth-order valence-corrected chi connectivity index (χ4v) is 3.96. The van der Waals surface area contributed by atoms with Crippen LogP contribution in [0.4, 0.5) is 0 Å². The van der Waals surface area contributed by atoms with Crippen LogP contribution in [-0.4, -0.2) is 44.4 Å². The smallest absolute Gasteiger partial charge is 0.231 e. The summed E-state index contributed by atoms with van der Waals surface area (Å²) < 4.78 is 27.4. The quantitative estimate of drug-likeness (QED) is 0.786. The molecule has 4 rings (SSSR count). The van der Waals surface area contributed by atoms with Gasteiger partial charge in [0.1, 0.15) is 0 Å². The van der Waals surface area contributed by atoms with Crippen LogP contribution in [0.2, 0.25) is 0 Å². The zero-order chi connectivity index (χ0) is 19.7. The van der Waals surface area contributed by atoms with Crippen LogP contribution in [-0.2, 0) is 4.74 Å². The van der Waals surface area contributed by atoms with Gasteiger partial charge in [-0.25, -0.2) is 0 Å². The van der Waals surface area contributed by atoms with E-state index in [1.807, 2.05) is 18.2 Å². The second-order valence-corrected chi connectivity index (χ2v) is 6.94. The molecule has 0 spiro atoms. The van der Waals surface area contributed by atoms with E-state index in [9.17, 15) is 10.2 Å². The van der Waals surface area contributed by atoms with E-state index in [4.69, 9.17) is 23.7 Å². The first kappa shape index (κ1) is 18.9. The van der Waals surface area contributed by atoms with Crippen molar-refractivity contribution in [2.45, 2.75) is 12.2 Å². The van der Waals surface area contributed by atoms with Gasteiger partial charge in [-0.05, 0) is 35.4 Å². The van der Waals surface area contributed by atoms with Gasteiger partial charge < -0.3 is 33.9 Å². The topological polar surface area (TPSA) is 86.6 Å². The van der Waals surface area contributed by atoms with Gasteiger partial charge >= 0.3 is 0 Å². The molecule has 7 nitrogen and oxygen atoms in total. The maximum atomic E-state index is 11.0. The third-order valence-electron chi connectivity index (χ3n) is 5.50. The Hall–Kier alpha value is -2.48.